The molecule has 3 nitrogen and oxygen atoms in total. The summed E-state index contributed by atoms with van der Waals surface area (Å²) in [6.45, 7) is 5.47. The quantitative estimate of drug-likeness (QED) is 0.710. The van der Waals surface area contributed by atoms with E-state index in [0.29, 0.717) is 25.5 Å². The number of hydrogen-bond acceptors (Lipinski definition) is 3. The molecule has 1 aliphatic carbocycles. The molecule has 3 heteroatoms. The van der Waals surface area contributed by atoms with E-state index in [0.717, 1.165) is 25.7 Å². The SMILES string of the molecule is CCCC(C)COC(=O)CC1(CN)CCCCC1. The fourth-order valence-corrected chi connectivity index (χ4v) is 2.92. The molecule has 106 valence electrons. The van der Waals surface area contributed by atoms with Crippen molar-refractivity contribution in [2.75, 3.05) is 13.2 Å². The molecule has 2 N–H and O–H groups in total. The van der Waals surface area contributed by atoms with Crippen LogP contribution in [-0.4, -0.2) is 19.1 Å². The van der Waals surface area contributed by atoms with Crippen LogP contribution in [0.3, 0.4) is 0 Å². The molecule has 0 aromatic carbocycles. The fourth-order valence-electron chi connectivity index (χ4n) is 2.92. The van der Waals surface area contributed by atoms with Gasteiger partial charge in [0.1, 0.15) is 0 Å². The first-order chi connectivity index (χ1) is 8.62. The van der Waals surface area contributed by atoms with Crippen LogP contribution in [0.4, 0.5) is 0 Å². The Morgan fingerprint density at radius 3 is 2.56 bits per heavy atom. The highest BCUT2D eigenvalue weighted by atomic mass is 16.5. The van der Waals surface area contributed by atoms with Gasteiger partial charge in [0.25, 0.3) is 0 Å². The lowest BCUT2D eigenvalue weighted by Crippen LogP contribution is -2.35. The third-order valence-corrected chi connectivity index (χ3v) is 4.18. The van der Waals surface area contributed by atoms with Crippen LogP contribution in [0.1, 0.15) is 65.2 Å². The number of esters is 1. The summed E-state index contributed by atoms with van der Waals surface area (Å²) < 4.78 is 5.39. The lowest BCUT2D eigenvalue weighted by atomic mass is 9.72. The molecule has 0 aromatic rings. The molecule has 1 unspecified atom stereocenters. The zero-order valence-corrected chi connectivity index (χ0v) is 12.0. The lowest BCUT2D eigenvalue weighted by Gasteiger charge is -2.35. The van der Waals surface area contributed by atoms with Crippen LogP contribution in [-0.2, 0) is 9.53 Å². The minimum absolute atomic E-state index is 0.0311. The van der Waals surface area contributed by atoms with E-state index in [9.17, 15) is 4.79 Å². The standard InChI is InChI=1S/C15H29NO2/c1-3-7-13(2)11-18-14(17)10-15(12-16)8-5-4-6-9-15/h13H,3-12,16H2,1-2H3. The highest BCUT2D eigenvalue weighted by molar-refractivity contribution is 5.70. The lowest BCUT2D eigenvalue weighted by molar-refractivity contribution is -0.148. The fraction of sp³-hybridized carbons (Fsp3) is 0.933. The van der Waals surface area contributed by atoms with Crippen molar-refractivity contribution >= 4 is 5.97 Å². The molecule has 18 heavy (non-hydrogen) atoms. The van der Waals surface area contributed by atoms with Crippen LogP contribution >= 0.6 is 0 Å². The van der Waals surface area contributed by atoms with Gasteiger partial charge in [-0.1, -0.05) is 39.5 Å². The van der Waals surface area contributed by atoms with Crippen molar-refractivity contribution in [2.45, 2.75) is 65.2 Å². The molecule has 0 bridgehead atoms. The van der Waals surface area contributed by atoms with Crippen molar-refractivity contribution in [3.63, 3.8) is 0 Å². The van der Waals surface area contributed by atoms with Crippen molar-refractivity contribution < 1.29 is 9.53 Å². The van der Waals surface area contributed by atoms with Gasteiger partial charge in [-0.15, -0.1) is 0 Å². The van der Waals surface area contributed by atoms with E-state index >= 15 is 0 Å². The summed E-state index contributed by atoms with van der Waals surface area (Å²) >= 11 is 0. The summed E-state index contributed by atoms with van der Waals surface area (Å²) in [4.78, 5) is 11.9. The molecule has 0 spiro atoms. The van der Waals surface area contributed by atoms with Crippen LogP contribution in [0.25, 0.3) is 0 Å². The van der Waals surface area contributed by atoms with Crippen LogP contribution in [0.2, 0.25) is 0 Å². The first-order valence-corrected chi connectivity index (χ1v) is 7.47. The minimum atomic E-state index is -0.0506. The molecule has 1 aliphatic rings. The predicted octanol–water partition coefficient (Wildman–Crippen LogP) is 3.27. The Kier molecular flexibility index (Phi) is 6.69. The second-order valence-corrected chi connectivity index (χ2v) is 6.02. The third kappa shape index (κ3) is 4.97. The number of hydrogen-bond donors (Lipinski definition) is 1. The molecule has 1 rings (SSSR count). The highest BCUT2D eigenvalue weighted by Crippen LogP contribution is 2.38. The number of carbonyl (C=O) groups is 1. The van der Waals surface area contributed by atoms with Gasteiger partial charge in [-0.05, 0) is 37.1 Å². The molecule has 0 amide bonds. The zero-order valence-electron chi connectivity index (χ0n) is 12.0. The Balaban J connectivity index is 2.33. The molecule has 0 heterocycles. The van der Waals surface area contributed by atoms with Gasteiger partial charge < -0.3 is 10.5 Å². The second kappa shape index (κ2) is 7.78. The average molecular weight is 255 g/mol. The number of carbonyl (C=O) groups excluding carboxylic acids is 1. The topological polar surface area (TPSA) is 52.3 Å². The highest BCUT2D eigenvalue weighted by Gasteiger charge is 2.33. The van der Waals surface area contributed by atoms with Crippen LogP contribution in [0.5, 0.6) is 0 Å². The molecule has 0 aromatic heterocycles. The van der Waals surface area contributed by atoms with Crippen molar-refractivity contribution in [3.8, 4) is 0 Å². The molecule has 0 aliphatic heterocycles. The maximum Gasteiger partial charge on any atom is 0.306 e. The zero-order chi connectivity index (χ0) is 13.4. The Hall–Kier alpha value is -0.570. The van der Waals surface area contributed by atoms with Gasteiger partial charge in [-0.3, -0.25) is 4.79 Å². The predicted molar refractivity (Wildman–Crippen MR) is 74.2 cm³/mol. The monoisotopic (exact) mass is 255 g/mol. The van der Waals surface area contributed by atoms with E-state index in [-0.39, 0.29) is 11.4 Å². The van der Waals surface area contributed by atoms with E-state index < -0.39 is 0 Å². The average Bonchev–Trinajstić information content (AvgIpc) is 2.38. The summed E-state index contributed by atoms with van der Waals surface area (Å²) in [6.07, 6.45) is 8.65. The third-order valence-electron chi connectivity index (χ3n) is 4.18. The van der Waals surface area contributed by atoms with Crippen molar-refractivity contribution in [2.24, 2.45) is 17.1 Å². The Bertz CT molecular complexity index is 247. The summed E-state index contributed by atoms with van der Waals surface area (Å²) in [7, 11) is 0. The van der Waals surface area contributed by atoms with Crippen molar-refractivity contribution in [1.29, 1.82) is 0 Å². The Morgan fingerprint density at radius 1 is 1.33 bits per heavy atom. The molecule has 0 radical (unpaired) electrons. The van der Waals surface area contributed by atoms with Crippen LogP contribution in [0, 0.1) is 11.3 Å². The molecule has 1 saturated carbocycles. The van der Waals surface area contributed by atoms with Gasteiger partial charge in [0, 0.05) is 0 Å². The summed E-state index contributed by atoms with van der Waals surface area (Å²) in [5.74, 6) is 0.421. The van der Waals surface area contributed by atoms with Gasteiger partial charge in [0.15, 0.2) is 0 Å². The van der Waals surface area contributed by atoms with E-state index in [4.69, 9.17) is 10.5 Å². The maximum absolute atomic E-state index is 11.9. The largest absolute Gasteiger partial charge is 0.465 e. The van der Waals surface area contributed by atoms with E-state index in [1.165, 1.54) is 19.3 Å². The van der Waals surface area contributed by atoms with E-state index in [1.807, 2.05) is 0 Å². The second-order valence-electron chi connectivity index (χ2n) is 6.02. The van der Waals surface area contributed by atoms with Gasteiger partial charge in [0.05, 0.1) is 13.0 Å². The number of rotatable bonds is 7. The van der Waals surface area contributed by atoms with E-state index in [1.54, 1.807) is 0 Å². The first-order valence-electron chi connectivity index (χ1n) is 7.47. The first kappa shape index (κ1) is 15.5. The Morgan fingerprint density at radius 2 is 2.00 bits per heavy atom. The number of nitrogens with two attached hydrogens (primary N) is 1. The van der Waals surface area contributed by atoms with Crippen LogP contribution in [0.15, 0.2) is 0 Å². The van der Waals surface area contributed by atoms with Gasteiger partial charge in [-0.25, -0.2) is 0 Å². The van der Waals surface area contributed by atoms with E-state index in [2.05, 4.69) is 13.8 Å². The molecular weight excluding hydrogens is 226 g/mol. The Labute approximate surface area is 111 Å². The van der Waals surface area contributed by atoms with Crippen LogP contribution < -0.4 is 5.73 Å². The smallest absolute Gasteiger partial charge is 0.306 e. The van der Waals surface area contributed by atoms with Gasteiger partial charge in [0.2, 0.25) is 0 Å². The van der Waals surface area contributed by atoms with Crippen molar-refractivity contribution in [3.05, 3.63) is 0 Å². The molecule has 1 fully saturated rings. The normalized spacial score (nSPS) is 20.4. The molecular formula is C15H29NO2. The van der Waals surface area contributed by atoms with Gasteiger partial charge in [-0.2, -0.15) is 0 Å². The molecule has 1 atom stereocenters. The molecule has 0 saturated heterocycles. The minimum Gasteiger partial charge on any atom is -0.465 e. The van der Waals surface area contributed by atoms with Gasteiger partial charge >= 0.3 is 5.97 Å². The van der Waals surface area contributed by atoms with Crippen molar-refractivity contribution in [1.82, 2.24) is 0 Å². The summed E-state index contributed by atoms with van der Waals surface area (Å²) in [5.41, 5.74) is 5.91. The maximum atomic E-state index is 11.9. The number of ether oxygens (including phenoxy) is 1. The summed E-state index contributed by atoms with van der Waals surface area (Å²) in [6, 6.07) is 0. The summed E-state index contributed by atoms with van der Waals surface area (Å²) in [5, 5.41) is 0.